The number of methoxy groups -OCH3 is 1. The number of hydrogen-bond acceptors (Lipinski definition) is 5. The van der Waals surface area contributed by atoms with Crippen LogP contribution < -0.4 is 15.0 Å². The van der Waals surface area contributed by atoms with Crippen LogP contribution in [0.25, 0.3) is 0 Å². The zero-order valence-electron chi connectivity index (χ0n) is 13.2. The van der Waals surface area contributed by atoms with E-state index >= 15 is 0 Å². The molecule has 1 N–H and O–H groups in total. The van der Waals surface area contributed by atoms with Crippen LogP contribution in [0, 0.1) is 5.92 Å². The summed E-state index contributed by atoms with van der Waals surface area (Å²) >= 11 is 0. The highest BCUT2D eigenvalue weighted by molar-refractivity contribution is 5.52. The van der Waals surface area contributed by atoms with Crippen LogP contribution in [-0.4, -0.2) is 51.5 Å². The lowest BCUT2D eigenvalue weighted by Gasteiger charge is -2.34. The topological polar surface area (TPSA) is 46.6 Å². The Morgan fingerprint density at radius 3 is 3.19 bits per heavy atom. The fourth-order valence-electron chi connectivity index (χ4n) is 2.79. The van der Waals surface area contributed by atoms with E-state index in [-0.39, 0.29) is 0 Å². The van der Waals surface area contributed by atoms with Gasteiger partial charge in [-0.15, -0.1) is 0 Å². The van der Waals surface area contributed by atoms with E-state index in [1.165, 1.54) is 12.8 Å². The second kappa shape index (κ2) is 8.85. The predicted molar refractivity (Wildman–Crippen MR) is 85.1 cm³/mol. The number of rotatable bonds is 8. The first-order chi connectivity index (χ1) is 10.3. The second-order valence-electron chi connectivity index (χ2n) is 5.41. The van der Waals surface area contributed by atoms with E-state index in [9.17, 15) is 0 Å². The number of nitrogens with one attached hydrogen (secondary N) is 1. The van der Waals surface area contributed by atoms with Gasteiger partial charge in [-0.05, 0) is 44.4 Å². The van der Waals surface area contributed by atoms with Crippen molar-refractivity contribution in [1.29, 1.82) is 0 Å². The molecule has 1 aromatic rings. The maximum Gasteiger partial charge on any atom is 0.171 e. The van der Waals surface area contributed by atoms with E-state index in [2.05, 4.69) is 15.2 Å². The quantitative estimate of drug-likeness (QED) is 0.742. The van der Waals surface area contributed by atoms with Crippen molar-refractivity contribution in [2.24, 2.45) is 5.92 Å². The van der Waals surface area contributed by atoms with Gasteiger partial charge in [-0.2, -0.15) is 0 Å². The molecular formula is C16H27N3O2. The molecule has 0 radical (unpaired) electrons. The molecule has 1 aromatic heterocycles. The van der Waals surface area contributed by atoms with E-state index < -0.39 is 0 Å². The van der Waals surface area contributed by atoms with Crippen molar-refractivity contribution in [2.45, 2.75) is 19.8 Å². The van der Waals surface area contributed by atoms with E-state index in [1.54, 1.807) is 7.11 Å². The van der Waals surface area contributed by atoms with Crippen LogP contribution in [0.5, 0.6) is 5.75 Å². The summed E-state index contributed by atoms with van der Waals surface area (Å²) in [7, 11) is 1.74. The van der Waals surface area contributed by atoms with E-state index in [1.807, 2.05) is 25.3 Å². The van der Waals surface area contributed by atoms with Crippen molar-refractivity contribution in [2.75, 3.05) is 51.4 Å². The van der Waals surface area contributed by atoms with Gasteiger partial charge in [0.1, 0.15) is 0 Å². The van der Waals surface area contributed by atoms with Gasteiger partial charge >= 0.3 is 0 Å². The van der Waals surface area contributed by atoms with Crippen LogP contribution >= 0.6 is 0 Å². The largest absolute Gasteiger partial charge is 0.490 e. The van der Waals surface area contributed by atoms with Gasteiger partial charge in [-0.1, -0.05) is 0 Å². The Kier molecular flexibility index (Phi) is 6.76. The Morgan fingerprint density at radius 1 is 1.48 bits per heavy atom. The molecule has 1 aliphatic rings. The molecule has 118 valence electrons. The van der Waals surface area contributed by atoms with Gasteiger partial charge in [-0.25, -0.2) is 4.98 Å². The molecule has 1 saturated heterocycles. The maximum absolute atomic E-state index is 5.70. The normalized spacial score (nSPS) is 18.8. The van der Waals surface area contributed by atoms with Crippen LogP contribution in [0.4, 0.5) is 5.82 Å². The Hall–Kier alpha value is -1.33. The molecule has 0 spiro atoms. The number of pyridine rings is 1. The lowest BCUT2D eigenvalue weighted by atomic mass is 9.98. The van der Waals surface area contributed by atoms with Crippen molar-refractivity contribution < 1.29 is 9.47 Å². The smallest absolute Gasteiger partial charge is 0.171 e. The number of piperidine rings is 1. The zero-order chi connectivity index (χ0) is 14.9. The lowest BCUT2D eigenvalue weighted by molar-refractivity contribution is 0.197. The van der Waals surface area contributed by atoms with E-state index in [0.717, 1.165) is 44.4 Å². The van der Waals surface area contributed by atoms with Crippen molar-refractivity contribution in [3.63, 3.8) is 0 Å². The van der Waals surface area contributed by atoms with Gasteiger partial charge < -0.3 is 19.7 Å². The minimum atomic E-state index is 0.659. The molecule has 21 heavy (non-hydrogen) atoms. The molecule has 0 aliphatic carbocycles. The molecule has 1 aliphatic heterocycles. The summed E-state index contributed by atoms with van der Waals surface area (Å²) < 4.78 is 10.8. The fraction of sp³-hybridized carbons (Fsp3) is 0.688. The zero-order valence-corrected chi connectivity index (χ0v) is 13.2. The van der Waals surface area contributed by atoms with Crippen molar-refractivity contribution >= 4 is 5.82 Å². The van der Waals surface area contributed by atoms with Crippen molar-refractivity contribution in [1.82, 2.24) is 10.3 Å². The Balaban J connectivity index is 1.91. The van der Waals surface area contributed by atoms with Gasteiger partial charge in [0.25, 0.3) is 0 Å². The molecule has 1 unspecified atom stereocenters. The Bertz CT molecular complexity index is 414. The van der Waals surface area contributed by atoms with Gasteiger partial charge in [0.15, 0.2) is 11.6 Å². The average molecular weight is 293 g/mol. The molecule has 2 heterocycles. The standard InChI is InChI=1S/C16H27N3O2/c1-3-21-15-7-4-8-18-16(15)19-10-5-6-14(13-19)12-17-9-11-20-2/h4,7-8,14,17H,3,5-6,9-13H2,1-2H3. The molecule has 1 fully saturated rings. The lowest BCUT2D eigenvalue weighted by Crippen LogP contribution is -2.40. The molecule has 0 bridgehead atoms. The molecule has 0 amide bonds. The highest BCUT2D eigenvalue weighted by Crippen LogP contribution is 2.29. The number of anilines is 1. The minimum Gasteiger partial charge on any atom is -0.490 e. The van der Waals surface area contributed by atoms with Crippen molar-refractivity contribution in [3.05, 3.63) is 18.3 Å². The molecule has 5 heteroatoms. The third-order valence-corrected chi connectivity index (χ3v) is 3.79. The second-order valence-corrected chi connectivity index (χ2v) is 5.41. The first kappa shape index (κ1) is 16.0. The number of ether oxygens (including phenoxy) is 2. The summed E-state index contributed by atoms with van der Waals surface area (Å²) in [4.78, 5) is 6.88. The Labute approximate surface area is 127 Å². The highest BCUT2D eigenvalue weighted by Gasteiger charge is 2.22. The average Bonchev–Trinajstić information content (AvgIpc) is 2.53. The summed E-state index contributed by atoms with van der Waals surface area (Å²) in [6, 6.07) is 3.94. The number of hydrogen-bond donors (Lipinski definition) is 1. The molecular weight excluding hydrogens is 266 g/mol. The van der Waals surface area contributed by atoms with Gasteiger partial charge in [-0.3, -0.25) is 0 Å². The summed E-state index contributed by atoms with van der Waals surface area (Å²) in [5.74, 6) is 2.54. The number of nitrogens with zero attached hydrogens (tertiary/aromatic N) is 2. The van der Waals surface area contributed by atoms with Crippen LogP contribution in [0.3, 0.4) is 0 Å². The fourth-order valence-corrected chi connectivity index (χ4v) is 2.79. The monoisotopic (exact) mass is 293 g/mol. The Morgan fingerprint density at radius 2 is 2.38 bits per heavy atom. The predicted octanol–water partition coefficient (Wildman–Crippen LogP) is 1.93. The van der Waals surface area contributed by atoms with E-state index in [4.69, 9.17) is 9.47 Å². The first-order valence-electron chi connectivity index (χ1n) is 7.87. The highest BCUT2D eigenvalue weighted by atomic mass is 16.5. The summed E-state index contributed by atoms with van der Waals surface area (Å²) in [5, 5.41) is 3.46. The SMILES string of the molecule is CCOc1cccnc1N1CCCC(CNCCOC)C1. The minimum absolute atomic E-state index is 0.659. The van der Waals surface area contributed by atoms with Gasteiger partial charge in [0.05, 0.1) is 13.2 Å². The molecule has 0 aromatic carbocycles. The maximum atomic E-state index is 5.70. The molecule has 1 atom stereocenters. The van der Waals surface area contributed by atoms with Crippen LogP contribution in [0.2, 0.25) is 0 Å². The summed E-state index contributed by atoms with van der Waals surface area (Å²) in [6.07, 6.45) is 4.32. The summed E-state index contributed by atoms with van der Waals surface area (Å²) in [5.41, 5.74) is 0. The number of aromatic nitrogens is 1. The van der Waals surface area contributed by atoms with Crippen LogP contribution in [-0.2, 0) is 4.74 Å². The molecule has 2 rings (SSSR count). The first-order valence-corrected chi connectivity index (χ1v) is 7.87. The van der Waals surface area contributed by atoms with Crippen LogP contribution in [0.15, 0.2) is 18.3 Å². The van der Waals surface area contributed by atoms with Crippen molar-refractivity contribution in [3.8, 4) is 5.75 Å². The van der Waals surface area contributed by atoms with Gasteiger partial charge in [0.2, 0.25) is 0 Å². The van der Waals surface area contributed by atoms with Crippen LogP contribution in [0.1, 0.15) is 19.8 Å². The van der Waals surface area contributed by atoms with E-state index in [0.29, 0.717) is 12.5 Å². The third kappa shape index (κ3) is 4.86. The molecule has 5 nitrogen and oxygen atoms in total. The summed E-state index contributed by atoms with van der Waals surface area (Å²) in [6.45, 7) is 7.51. The molecule has 0 saturated carbocycles. The van der Waals surface area contributed by atoms with Gasteiger partial charge in [0, 0.05) is 32.9 Å². The third-order valence-electron chi connectivity index (χ3n) is 3.79.